The third-order valence-electron chi connectivity index (χ3n) is 4.74. The van der Waals surface area contributed by atoms with Gasteiger partial charge in [-0.15, -0.1) is 0 Å². The van der Waals surface area contributed by atoms with Crippen LogP contribution in [-0.4, -0.2) is 13.4 Å². The van der Waals surface area contributed by atoms with E-state index in [4.69, 9.17) is 0 Å². The van der Waals surface area contributed by atoms with Crippen LogP contribution in [0.25, 0.3) is 10.9 Å². The van der Waals surface area contributed by atoms with Crippen molar-refractivity contribution in [3.63, 3.8) is 0 Å². The quantitative estimate of drug-likeness (QED) is 0.429. The standard InChI is InChI=1S/C22H19BrN2O2S/c1-15-6-12-18(13-7-15)28(26,27)25-22(16-8-10-17(23)11-9-16)20-14-24-21-5-3-2-4-19(20)21/h2-14,22,24-25H,1H3/t22-/m0/s1. The van der Waals surface area contributed by atoms with Gasteiger partial charge in [-0.3, -0.25) is 0 Å². The van der Waals surface area contributed by atoms with Crippen molar-refractivity contribution in [1.29, 1.82) is 0 Å². The summed E-state index contributed by atoms with van der Waals surface area (Å²) in [5, 5.41) is 0.988. The molecule has 0 unspecified atom stereocenters. The second-order valence-electron chi connectivity index (χ2n) is 6.71. The molecule has 1 atom stereocenters. The Morgan fingerprint density at radius 2 is 1.61 bits per heavy atom. The van der Waals surface area contributed by atoms with Crippen molar-refractivity contribution in [2.75, 3.05) is 0 Å². The van der Waals surface area contributed by atoms with Crippen LogP contribution in [0, 0.1) is 6.92 Å². The zero-order valence-electron chi connectivity index (χ0n) is 15.2. The molecule has 1 aromatic heterocycles. The number of H-pyrrole nitrogens is 1. The van der Waals surface area contributed by atoms with Gasteiger partial charge in [0.05, 0.1) is 10.9 Å². The molecule has 0 aliphatic heterocycles. The van der Waals surface area contributed by atoms with Crippen LogP contribution in [0.1, 0.15) is 22.7 Å². The second-order valence-corrected chi connectivity index (χ2v) is 9.34. The highest BCUT2D eigenvalue weighted by Gasteiger charge is 2.25. The Morgan fingerprint density at radius 3 is 2.32 bits per heavy atom. The predicted octanol–water partition coefficient (Wildman–Crippen LogP) is 5.31. The van der Waals surface area contributed by atoms with E-state index in [1.807, 2.05) is 61.7 Å². The molecule has 0 aliphatic rings. The molecular formula is C22H19BrN2O2S. The first kappa shape index (κ1) is 18.9. The number of rotatable bonds is 5. The topological polar surface area (TPSA) is 62.0 Å². The number of halogens is 1. The lowest BCUT2D eigenvalue weighted by Gasteiger charge is -2.19. The maximum atomic E-state index is 13.1. The summed E-state index contributed by atoms with van der Waals surface area (Å²) in [4.78, 5) is 3.49. The lowest BCUT2D eigenvalue weighted by Crippen LogP contribution is -2.29. The first-order valence-electron chi connectivity index (χ1n) is 8.84. The molecular weight excluding hydrogens is 436 g/mol. The molecule has 0 spiro atoms. The summed E-state index contributed by atoms with van der Waals surface area (Å²) in [7, 11) is -3.70. The fourth-order valence-electron chi connectivity index (χ4n) is 3.24. The van der Waals surface area contributed by atoms with E-state index in [9.17, 15) is 8.42 Å². The lowest BCUT2D eigenvalue weighted by atomic mass is 9.99. The highest BCUT2D eigenvalue weighted by atomic mass is 79.9. The number of aromatic nitrogens is 1. The van der Waals surface area contributed by atoms with E-state index >= 15 is 0 Å². The van der Waals surface area contributed by atoms with Gasteiger partial charge in [0.1, 0.15) is 0 Å². The van der Waals surface area contributed by atoms with Crippen molar-refractivity contribution < 1.29 is 8.42 Å². The smallest absolute Gasteiger partial charge is 0.241 e. The number of fused-ring (bicyclic) bond motifs is 1. The Balaban J connectivity index is 1.81. The van der Waals surface area contributed by atoms with Crippen molar-refractivity contribution in [3.05, 3.63) is 100 Å². The summed E-state index contributed by atoms with van der Waals surface area (Å²) in [6.07, 6.45) is 1.87. The molecule has 4 rings (SSSR count). The van der Waals surface area contributed by atoms with Crippen molar-refractivity contribution in [2.45, 2.75) is 17.9 Å². The third-order valence-corrected chi connectivity index (χ3v) is 6.71. The molecule has 28 heavy (non-hydrogen) atoms. The summed E-state index contributed by atoms with van der Waals surface area (Å²) in [5.41, 5.74) is 3.73. The van der Waals surface area contributed by atoms with E-state index in [1.165, 1.54) is 0 Å². The van der Waals surface area contributed by atoms with Crippen molar-refractivity contribution >= 4 is 36.9 Å². The molecule has 0 bridgehead atoms. The molecule has 0 saturated heterocycles. The average Bonchev–Trinajstić information content (AvgIpc) is 3.11. The van der Waals surface area contributed by atoms with Crippen LogP contribution in [0.15, 0.2) is 88.4 Å². The zero-order valence-corrected chi connectivity index (χ0v) is 17.6. The summed E-state index contributed by atoms with van der Waals surface area (Å²) < 4.78 is 30.0. The number of nitrogens with one attached hydrogen (secondary N) is 2. The predicted molar refractivity (Wildman–Crippen MR) is 116 cm³/mol. The number of sulfonamides is 1. The Kier molecular flexibility index (Phi) is 5.10. The largest absolute Gasteiger partial charge is 0.361 e. The van der Waals surface area contributed by atoms with Crippen molar-refractivity contribution in [1.82, 2.24) is 9.71 Å². The van der Waals surface area contributed by atoms with Gasteiger partial charge in [-0.05, 0) is 48.4 Å². The molecule has 4 nitrogen and oxygen atoms in total. The van der Waals surface area contributed by atoms with Crippen LogP contribution in [0.5, 0.6) is 0 Å². The van der Waals surface area contributed by atoms with Gasteiger partial charge in [-0.25, -0.2) is 8.42 Å². The number of para-hydroxylation sites is 1. The molecule has 0 aliphatic carbocycles. The minimum atomic E-state index is -3.70. The molecule has 4 aromatic rings. The van der Waals surface area contributed by atoms with E-state index in [0.29, 0.717) is 0 Å². The lowest BCUT2D eigenvalue weighted by molar-refractivity contribution is 0.572. The molecule has 142 valence electrons. The van der Waals surface area contributed by atoms with Gasteiger partial charge in [0.2, 0.25) is 10.0 Å². The molecule has 1 heterocycles. The summed E-state index contributed by atoms with van der Waals surface area (Å²) in [5.74, 6) is 0. The SMILES string of the molecule is Cc1ccc(S(=O)(=O)N[C@@H](c2ccc(Br)cc2)c2c[nH]c3ccccc23)cc1. The number of aromatic amines is 1. The first-order chi connectivity index (χ1) is 13.4. The van der Waals surface area contributed by atoms with Gasteiger partial charge in [-0.2, -0.15) is 4.72 Å². The van der Waals surface area contributed by atoms with E-state index in [0.717, 1.165) is 32.1 Å². The Morgan fingerprint density at radius 1 is 0.929 bits per heavy atom. The Hall–Kier alpha value is -2.41. The molecule has 2 N–H and O–H groups in total. The normalized spacial score (nSPS) is 12.9. The summed E-state index contributed by atoms with van der Waals surface area (Å²) in [6.45, 7) is 1.93. The van der Waals surface area contributed by atoms with Crippen LogP contribution in [-0.2, 0) is 10.0 Å². The molecule has 0 fully saturated rings. The molecule has 6 heteroatoms. The van der Waals surface area contributed by atoms with E-state index in [2.05, 4.69) is 25.6 Å². The van der Waals surface area contributed by atoms with Crippen LogP contribution in [0.4, 0.5) is 0 Å². The fourth-order valence-corrected chi connectivity index (χ4v) is 4.71. The number of aryl methyl sites for hydroxylation is 1. The highest BCUT2D eigenvalue weighted by Crippen LogP contribution is 2.31. The first-order valence-corrected chi connectivity index (χ1v) is 11.1. The monoisotopic (exact) mass is 454 g/mol. The van der Waals surface area contributed by atoms with Gasteiger partial charge >= 0.3 is 0 Å². The van der Waals surface area contributed by atoms with Crippen LogP contribution < -0.4 is 4.72 Å². The minimum absolute atomic E-state index is 0.250. The van der Waals surface area contributed by atoms with E-state index < -0.39 is 16.1 Å². The Bertz CT molecular complexity index is 1210. The number of hydrogen-bond donors (Lipinski definition) is 2. The van der Waals surface area contributed by atoms with Gasteiger partial charge in [-0.1, -0.05) is 64.0 Å². The molecule has 0 saturated carbocycles. The number of hydrogen-bond acceptors (Lipinski definition) is 2. The van der Waals surface area contributed by atoms with Crippen LogP contribution in [0.3, 0.4) is 0 Å². The minimum Gasteiger partial charge on any atom is -0.361 e. The van der Waals surface area contributed by atoms with Crippen LogP contribution >= 0.6 is 15.9 Å². The maximum absolute atomic E-state index is 13.1. The molecule has 0 radical (unpaired) electrons. The van der Waals surface area contributed by atoms with Gasteiger partial charge in [0.15, 0.2) is 0 Å². The fraction of sp³-hybridized carbons (Fsp3) is 0.0909. The van der Waals surface area contributed by atoms with Gasteiger partial charge in [0, 0.05) is 21.6 Å². The van der Waals surface area contributed by atoms with E-state index in [1.54, 1.807) is 24.3 Å². The summed E-state index contributed by atoms with van der Waals surface area (Å²) in [6, 6.07) is 21.9. The highest BCUT2D eigenvalue weighted by molar-refractivity contribution is 9.10. The average molecular weight is 455 g/mol. The molecule has 0 amide bonds. The second kappa shape index (κ2) is 7.54. The van der Waals surface area contributed by atoms with Gasteiger partial charge in [0.25, 0.3) is 0 Å². The third kappa shape index (κ3) is 3.76. The maximum Gasteiger partial charge on any atom is 0.241 e. The molecule has 3 aromatic carbocycles. The van der Waals surface area contributed by atoms with Gasteiger partial charge < -0.3 is 4.98 Å². The summed E-state index contributed by atoms with van der Waals surface area (Å²) >= 11 is 3.44. The Labute approximate surface area is 172 Å². The van der Waals surface area contributed by atoms with Crippen LogP contribution in [0.2, 0.25) is 0 Å². The number of benzene rings is 3. The van der Waals surface area contributed by atoms with Crippen molar-refractivity contribution in [2.24, 2.45) is 0 Å². The van der Waals surface area contributed by atoms with E-state index in [-0.39, 0.29) is 4.90 Å². The zero-order chi connectivity index (χ0) is 19.7. The van der Waals surface area contributed by atoms with Crippen molar-refractivity contribution in [3.8, 4) is 0 Å².